The summed E-state index contributed by atoms with van der Waals surface area (Å²) in [7, 11) is 0. The minimum atomic E-state index is -5.00. The summed E-state index contributed by atoms with van der Waals surface area (Å²) >= 11 is 2.93. The molecule has 1 rings (SSSR count). The van der Waals surface area contributed by atoms with Crippen LogP contribution in [0.1, 0.15) is 5.56 Å². The number of amides is 1. The molecule has 0 heterocycles. The highest BCUT2D eigenvalue weighted by Gasteiger charge is 2.38. The molecule has 88 valence electrons. The molecule has 1 N–H and O–H groups in total. The zero-order valence-corrected chi connectivity index (χ0v) is 9.54. The third-order valence-corrected chi connectivity index (χ3v) is 2.41. The van der Waals surface area contributed by atoms with Gasteiger partial charge in [-0.3, -0.25) is 4.79 Å². The summed E-state index contributed by atoms with van der Waals surface area (Å²) in [5, 5.41) is 1.57. The molecule has 0 radical (unpaired) electrons. The first-order valence-electron chi connectivity index (χ1n) is 4.05. The Morgan fingerprint density at radius 1 is 1.38 bits per heavy atom. The van der Waals surface area contributed by atoms with Crippen LogP contribution in [0.5, 0.6) is 0 Å². The summed E-state index contributed by atoms with van der Waals surface area (Å²) in [6.45, 7) is 1.45. The Morgan fingerprint density at radius 2 is 1.94 bits per heavy atom. The SMILES string of the molecule is Cc1cc(Br)c(NC(=O)C(F)(F)F)cc1F. The zero-order chi connectivity index (χ0) is 12.5. The average molecular weight is 300 g/mol. The highest BCUT2D eigenvalue weighted by atomic mass is 79.9. The topological polar surface area (TPSA) is 29.1 Å². The van der Waals surface area contributed by atoms with Crippen LogP contribution in [0.2, 0.25) is 0 Å². The summed E-state index contributed by atoms with van der Waals surface area (Å²) in [5.74, 6) is -2.84. The van der Waals surface area contributed by atoms with Crippen LogP contribution in [-0.2, 0) is 4.79 Å². The molecule has 7 heteroatoms. The molecule has 0 saturated carbocycles. The lowest BCUT2D eigenvalue weighted by Crippen LogP contribution is -2.30. The highest BCUT2D eigenvalue weighted by molar-refractivity contribution is 9.10. The first kappa shape index (κ1) is 13.0. The van der Waals surface area contributed by atoms with Crippen LogP contribution >= 0.6 is 15.9 Å². The number of benzene rings is 1. The van der Waals surface area contributed by atoms with Crippen LogP contribution in [0, 0.1) is 12.7 Å². The molecular formula is C9H6BrF4NO. The third-order valence-electron chi connectivity index (χ3n) is 1.75. The molecule has 0 bridgehead atoms. The van der Waals surface area contributed by atoms with Crippen LogP contribution in [0.25, 0.3) is 0 Å². The summed E-state index contributed by atoms with van der Waals surface area (Å²) in [6, 6.07) is 2.10. The second-order valence-corrected chi connectivity index (χ2v) is 3.89. The Kier molecular flexibility index (Phi) is 3.57. The molecule has 0 spiro atoms. The molecule has 0 saturated heterocycles. The van der Waals surface area contributed by atoms with Crippen LogP contribution < -0.4 is 5.32 Å². The van der Waals surface area contributed by atoms with E-state index in [2.05, 4.69) is 15.9 Å². The second-order valence-electron chi connectivity index (χ2n) is 3.03. The fourth-order valence-electron chi connectivity index (χ4n) is 0.935. The maximum absolute atomic E-state index is 13.1. The lowest BCUT2D eigenvalue weighted by Gasteiger charge is -2.10. The zero-order valence-electron chi connectivity index (χ0n) is 7.95. The van der Waals surface area contributed by atoms with Crippen molar-refractivity contribution in [3.05, 3.63) is 28.0 Å². The molecule has 1 amide bonds. The lowest BCUT2D eigenvalue weighted by molar-refractivity contribution is -0.167. The molecule has 0 fully saturated rings. The molecule has 0 atom stereocenters. The van der Waals surface area contributed by atoms with Gasteiger partial charge in [0.25, 0.3) is 0 Å². The number of nitrogens with one attached hydrogen (secondary N) is 1. The maximum Gasteiger partial charge on any atom is 0.471 e. The highest BCUT2D eigenvalue weighted by Crippen LogP contribution is 2.27. The van der Waals surface area contributed by atoms with Gasteiger partial charge in [0.1, 0.15) is 5.82 Å². The fourth-order valence-corrected chi connectivity index (χ4v) is 1.49. The number of carbonyl (C=O) groups is 1. The molecule has 1 aromatic rings. The van der Waals surface area contributed by atoms with Crippen LogP contribution in [0.15, 0.2) is 16.6 Å². The predicted molar refractivity (Wildman–Crippen MR) is 53.5 cm³/mol. The number of rotatable bonds is 1. The van der Waals surface area contributed by atoms with Gasteiger partial charge >= 0.3 is 12.1 Å². The molecule has 0 aliphatic heterocycles. The van der Waals surface area contributed by atoms with E-state index in [4.69, 9.17) is 0 Å². The van der Waals surface area contributed by atoms with Gasteiger partial charge in [0.2, 0.25) is 0 Å². The Hall–Kier alpha value is -1.11. The van der Waals surface area contributed by atoms with Gasteiger partial charge in [0.15, 0.2) is 0 Å². The Morgan fingerprint density at radius 3 is 2.44 bits per heavy atom. The van der Waals surface area contributed by atoms with Gasteiger partial charge in [-0.05, 0) is 40.5 Å². The van der Waals surface area contributed by atoms with Gasteiger partial charge in [0.05, 0.1) is 5.69 Å². The average Bonchev–Trinajstić information content (AvgIpc) is 2.12. The summed E-state index contributed by atoms with van der Waals surface area (Å²) in [4.78, 5) is 10.6. The fraction of sp³-hybridized carbons (Fsp3) is 0.222. The van der Waals surface area contributed by atoms with Gasteiger partial charge in [-0.25, -0.2) is 4.39 Å². The van der Waals surface area contributed by atoms with Crippen molar-refractivity contribution in [2.75, 3.05) is 5.32 Å². The Bertz CT molecular complexity index is 430. The molecule has 2 nitrogen and oxygen atoms in total. The van der Waals surface area contributed by atoms with Crippen molar-refractivity contribution in [3.8, 4) is 0 Å². The van der Waals surface area contributed by atoms with E-state index >= 15 is 0 Å². The van der Waals surface area contributed by atoms with E-state index in [0.717, 1.165) is 6.07 Å². The number of alkyl halides is 3. The summed E-state index contributed by atoms with van der Waals surface area (Å²) < 4.78 is 49.0. The standard InChI is InChI=1S/C9H6BrF4NO/c1-4-2-5(10)7(3-6(4)11)15-8(16)9(12,13)14/h2-3H,1H3,(H,15,16). The van der Waals surface area contributed by atoms with E-state index in [9.17, 15) is 22.4 Å². The first-order valence-corrected chi connectivity index (χ1v) is 4.85. The number of hydrogen-bond donors (Lipinski definition) is 1. The van der Waals surface area contributed by atoms with Crippen molar-refractivity contribution >= 4 is 27.5 Å². The summed E-state index contributed by atoms with van der Waals surface area (Å²) in [6.07, 6.45) is -5.00. The van der Waals surface area contributed by atoms with E-state index in [1.54, 1.807) is 5.32 Å². The third kappa shape index (κ3) is 2.94. The second kappa shape index (κ2) is 4.40. The van der Waals surface area contributed by atoms with Crippen LogP contribution in [0.3, 0.4) is 0 Å². The van der Waals surface area contributed by atoms with Crippen molar-refractivity contribution in [3.63, 3.8) is 0 Å². The van der Waals surface area contributed by atoms with Crippen molar-refractivity contribution in [1.82, 2.24) is 0 Å². The lowest BCUT2D eigenvalue weighted by atomic mass is 10.2. The largest absolute Gasteiger partial charge is 0.471 e. The van der Waals surface area contributed by atoms with E-state index in [0.29, 0.717) is 0 Å². The number of hydrogen-bond acceptors (Lipinski definition) is 1. The van der Waals surface area contributed by atoms with Crippen molar-refractivity contribution in [1.29, 1.82) is 0 Å². The number of carbonyl (C=O) groups excluding carboxylic acids is 1. The Balaban J connectivity index is 2.99. The van der Waals surface area contributed by atoms with Crippen LogP contribution in [0.4, 0.5) is 23.2 Å². The Labute approximate surface area is 96.8 Å². The normalized spacial score (nSPS) is 11.4. The quantitative estimate of drug-likeness (QED) is 0.791. The van der Waals surface area contributed by atoms with Gasteiger partial charge in [-0.2, -0.15) is 13.2 Å². The monoisotopic (exact) mass is 299 g/mol. The number of halogens is 5. The number of aryl methyl sites for hydroxylation is 1. The van der Waals surface area contributed by atoms with E-state index in [-0.39, 0.29) is 15.7 Å². The maximum atomic E-state index is 13.1. The molecule has 16 heavy (non-hydrogen) atoms. The van der Waals surface area contributed by atoms with Gasteiger partial charge in [0, 0.05) is 4.47 Å². The van der Waals surface area contributed by atoms with E-state index in [1.165, 1.54) is 13.0 Å². The van der Waals surface area contributed by atoms with Gasteiger partial charge in [-0.15, -0.1) is 0 Å². The molecule has 0 aliphatic rings. The molecule has 0 aliphatic carbocycles. The van der Waals surface area contributed by atoms with E-state index in [1.807, 2.05) is 0 Å². The van der Waals surface area contributed by atoms with Crippen molar-refractivity contribution in [2.24, 2.45) is 0 Å². The van der Waals surface area contributed by atoms with Gasteiger partial charge in [-0.1, -0.05) is 0 Å². The smallest absolute Gasteiger partial charge is 0.317 e. The number of anilines is 1. The molecule has 0 unspecified atom stereocenters. The summed E-state index contributed by atoms with van der Waals surface area (Å²) in [5.41, 5.74) is 0.00214. The first-order chi connectivity index (χ1) is 7.21. The molecular weight excluding hydrogens is 294 g/mol. The van der Waals surface area contributed by atoms with E-state index < -0.39 is 17.9 Å². The predicted octanol–water partition coefficient (Wildman–Crippen LogP) is 3.40. The minimum Gasteiger partial charge on any atom is -0.317 e. The van der Waals surface area contributed by atoms with Crippen molar-refractivity contribution < 1.29 is 22.4 Å². The van der Waals surface area contributed by atoms with Crippen molar-refractivity contribution in [2.45, 2.75) is 13.1 Å². The van der Waals surface area contributed by atoms with Crippen LogP contribution in [-0.4, -0.2) is 12.1 Å². The molecule has 0 aromatic heterocycles. The molecule has 1 aromatic carbocycles. The van der Waals surface area contributed by atoms with Gasteiger partial charge < -0.3 is 5.32 Å². The minimum absolute atomic E-state index is 0.184.